The van der Waals surface area contributed by atoms with E-state index >= 15 is 0 Å². The standard InChI is InChI=1S/C16H22FNO3/c1-11(2)8-15(19)18(9-12(3)16(20)21)10-13-4-6-14(17)7-5-13/h4-7,11-12H,8-10H2,1-3H3,(H,20,21). The lowest BCUT2D eigenvalue weighted by atomic mass is 10.1. The van der Waals surface area contributed by atoms with Crippen molar-refractivity contribution in [1.82, 2.24) is 4.90 Å². The van der Waals surface area contributed by atoms with Crippen LogP contribution in [-0.4, -0.2) is 28.4 Å². The monoisotopic (exact) mass is 295 g/mol. The Morgan fingerprint density at radius 3 is 2.24 bits per heavy atom. The third kappa shape index (κ3) is 5.94. The van der Waals surface area contributed by atoms with Gasteiger partial charge < -0.3 is 10.0 Å². The summed E-state index contributed by atoms with van der Waals surface area (Å²) in [7, 11) is 0. The lowest BCUT2D eigenvalue weighted by Gasteiger charge is -2.25. The van der Waals surface area contributed by atoms with Crippen LogP contribution in [0.1, 0.15) is 32.8 Å². The zero-order valence-electron chi connectivity index (χ0n) is 12.7. The molecule has 0 radical (unpaired) electrons. The Morgan fingerprint density at radius 2 is 1.76 bits per heavy atom. The molecule has 0 spiro atoms. The quantitative estimate of drug-likeness (QED) is 0.841. The molecule has 1 rings (SSSR count). The van der Waals surface area contributed by atoms with Crippen molar-refractivity contribution in [2.24, 2.45) is 11.8 Å². The van der Waals surface area contributed by atoms with Gasteiger partial charge in [-0.25, -0.2) is 4.39 Å². The number of halogens is 1. The van der Waals surface area contributed by atoms with Crippen molar-refractivity contribution in [1.29, 1.82) is 0 Å². The van der Waals surface area contributed by atoms with Crippen LogP contribution in [0.2, 0.25) is 0 Å². The smallest absolute Gasteiger partial charge is 0.308 e. The lowest BCUT2D eigenvalue weighted by molar-refractivity contribution is -0.143. The van der Waals surface area contributed by atoms with Gasteiger partial charge in [0, 0.05) is 19.5 Å². The fraction of sp³-hybridized carbons (Fsp3) is 0.500. The minimum absolute atomic E-state index is 0.0811. The molecule has 0 aromatic heterocycles. The summed E-state index contributed by atoms with van der Waals surface area (Å²) in [6, 6.07) is 5.88. The van der Waals surface area contributed by atoms with E-state index in [0.717, 1.165) is 5.56 Å². The summed E-state index contributed by atoms with van der Waals surface area (Å²) in [4.78, 5) is 24.8. The Morgan fingerprint density at radius 1 is 1.19 bits per heavy atom. The largest absolute Gasteiger partial charge is 0.481 e. The van der Waals surface area contributed by atoms with Crippen LogP contribution in [0.5, 0.6) is 0 Å². The van der Waals surface area contributed by atoms with Crippen LogP contribution in [0.3, 0.4) is 0 Å². The molecule has 5 heteroatoms. The van der Waals surface area contributed by atoms with Crippen molar-refractivity contribution in [2.45, 2.75) is 33.7 Å². The van der Waals surface area contributed by atoms with Crippen LogP contribution >= 0.6 is 0 Å². The van der Waals surface area contributed by atoms with Gasteiger partial charge in [0.25, 0.3) is 0 Å². The van der Waals surface area contributed by atoms with E-state index in [9.17, 15) is 14.0 Å². The molecule has 0 aliphatic carbocycles. The van der Waals surface area contributed by atoms with E-state index in [4.69, 9.17) is 5.11 Å². The molecular weight excluding hydrogens is 273 g/mol. The zero-order chi connectivity index (χ0) is 16.0. The number of benzene rings is 1. The van der Waals surface area contributed by atoms with Gasteiger partial charge in [0.1, 0.15) is 5.82 Å². The Hall–Kier alpha value is -1.91. The van der Waals surface area contributed by atoms with Gasteiger partial charge in [-0.3, -0.25) is 9.59 Å². The van der Waals surface area contributed by atoms with Crippen LogP contribution in [0.25, 0.3) is 0 Å². The predicted octanol–water partition coefficient (Wildman–Crippen LogP) is 2.92. The molecule has 0 heterocycles. The highest BCUT2D eigenvalue weighted by atomic mass is 19.1. The summed E-state index contributed by atoms with van der Waals surface area (Å²) in [6.45, 7) is 5.90. The van der Waals surface area contributed by atoms with Gasteiger partial charge in [-0.1, -0.05) is 32.9 Å². The van der Waals surface area contributed by atoms with Crippen molar-refractivity contribution in [3.63, 3.8) is 0 Å². The maximum atomic E-state index is 12.9. The fourth-order valence-electron chi connectivity index (χ4n) is 1.95. The summed E-state index contributed by atoms with van der Waals surface area (Å²) in [5.74, 6) is -1.79. The van der Waals surface area contributed by atoms with Crippen LogP contribution in [0.4, 0.5) is 4.39 Å². The van der Waals surface area contributed by atoms with E-state index < -0.39 is 11.9 Å². The highest BCUT2D eigenvalue weighted by Gasteiger charge is 2.21. The summed E-state index contributed by atoms with van der Waals surface area (Å²) < 4.78 is 12.9. The first-order chi connectivity index (χ1) is 9.79. The van der Waals surface area contributed by atoms with E-state index in [0.29, 0.717) is 13.0 Å². The average Bonchev–Trinajstić information content (AvgIpc) is 2.39. The molecule has 0 aliphatic rings. The first kappa shape index (κ1) is 17.1. The van der Waals surface area contributed by atoms with Crippen molar-refractivity contribution >= 4 is 11.9 Å². The first-order valence-corrected chi connectivity index (χ1v) is 7.04. The summed E-state index contributed by atoms with van der Waals surface area (Å²) >= 11 is 0. The number of hydrogen-bond donors (Lipinski definition) is 1. The predicted molar refractivity (Wildman–Crippen MR) is 78.1 cm³/mol. The fourth-order valence-corrected chi connectivity index (χ4v) is 1.95. The molecule has 4 nitrogen and oxygen atoms in total. The molecule has 116 valence electrons. The highest BCUT2D eigenvalue weighted by molar-refractivity contribution is 5.77. The van der Waals surface area contributed by atoms with Crippen molar-refractivity contribution in [3.8, 4) is 0 Å². The van der Waals surface area contributed by atoms with Crippen LogP contribution in [0.15, 0.2) is 24.3 Å². The second kappa shape index (κ2) is 7.76. The number of carboxylic acid groups (broad SMARTS) is 1. The van der Waals surface area contributed by atoms with Gasteiger partial charge in [-0.15, -0.1) is 0 Å². The molecule has 1 N–H and O–H groups in total. The Balaban J connectivity index is 2.82. The van der Waals surface area contributed by atoms with E-state index in [1.54, 1.807) is 19.1 Å². The average molecular weight is 295 g/mol. The van der Waals surface area contributed by atoms with E-state index in [1.807, 2.05) is 13.8 Å². The number of rotatable bonds is 7. The van der Waals surface area contributed by atoms with E-state index in [-0.39, 0.29) is 24.2 Å². The van der Waals surface area contributed by atoms with Crippen LogP contribution in [-0.2, 0) is 16.1 Å². The number of carbonyl (C=O) groups excluding carboxylic acids is 1. The molecule has 21 heavy (non-hydrogen) atoms. The molecule has 1 amide bonds. The molecular formula is C16H22FNO3. The van der Waals surface area contributed by atoms with Gasteiger partial charge in [0.2, 0.25) is 5.91 Å². The normalized spacial score (nSPS) is 12.2. The Kier molecular flexibility index (Phi) is 6.34. The molecule has 0 bridgehead atoms. The number of carbonyl (C=O) groups is 2. The van der Waals surface area contributed by atoms with Crippen LogP contribution in [0, 0.1) is 17.7 Å². The molecule has 0 saturated carbocycles. The molecule has 0 fully saturated rings. The number of hydrogen-bond acceptors (Lipinski definition) is 2. The van der Waals surface area contributed by atoms with Gasteiger partial charge in [-0.2, -0.15) is 0 Å². The first-order valence-electron chi connectivity index (χ1n) is 7.04. The topological polar surface area (TPSA) is 57.6 Å². The summed E-state index contributed by atoms with van der Waals surface area (Å²) in [5, 5.41) is 9.01. The summed E-state index contributed by atoms with van der Waals surface area (Å²) in [6.07, 6.45) is 0.369. The third-order valence-electron chi connectivity index (χ3n) is 3.14. The number of nitrogens with zero attached hydrogens (tertiary/aromatic N) is 1. The molecule has 1 aromatic carbocycles. The molecule has 0 aliphatic heterocycles. The van der Waals surface area contributed by atoms with Crippen molar-refractivity contribution < 1.29 is 19.1 Å². The maximum Gasteiger partial charge on any atom is 0.308 e. The molecule has 1 unspecified atom stereocenters. The maximum absolute atomic E-state index is 12.9. The summed E-state index contributed by atoms with van der Waals surface area (Å²) in [5.41, 5.74) is 0.783. The molecule has 0 saturated heterocycles. The highest BCUT2D eigenvalue weighted by Crippen LogP contribution is 2.13. The van der Waals surface area contributed by atoms with Gasteiger partial charge >= 0.3 is 5.97 Å². The molecule has 1 atom stereocenters. The van der Waals surface area contributed by atoms with Gasteiger partial charge in [0.15, 0.2) is 0 Å². The third-order valence-corrected chi connectivity index (χ3v) is 3.14. The lowest BCUT2D eigenvalue weighted by Crippen LogP contribution is -2.37. The second-order valence-corrected chi connectivity index (χ2v) is 5.74. The minimum Gasteiger partial charge on any atom is -0.481 e. The number of amides is 1. The van der Waals surface area contributed by atoms with E-state index in [1.165, 1.54) is 17.0 Å². The zero-order valence-corrected chi connectivity index (χ0v) is 12.7. The van der Waals surface area contributed by atoms with Gasteiger partial charge in [0.05, 0.1) is 5.92 Å². The Bertz CT molecular complexity index is 485. The SMILES string of the molecule is CC(C)CC(=O)N(Cc1ccc(F)cc1)CC(C)C(=O)O. The number of aliphatic carboxylic acids is 1. The van der Waals surface area contributed by atoms with Crippen LogP contribution < -0.4 is 0 Å². The second-order valence-electron chi connectivity index (χ2n) is 5.74. The van der Waals surface area contributed by atoms with E-state index in [2.05, 4.69) is 0 Å². The van der Waals surface area contributed by atoms with Crippen molar-refractivity contribution in [3.05, 3.63) is 35.6 Å². The Labute approximate surface area is 124 Å². The van der Waals surface area contributed by atoms with Crippen molar-refractivity contribution in [2.75, 3.05) is 6.54 Å². The number of carboxylic acids is 1. The van der Waals surface area contributed by atoms with Gasteiger partial charge in [-0.05, 0) is 23.6 Å². The minimum atomic E-state index is -0.934. The molecule has 1 aromatic rings.